The van der Waals surface area contributed by atoms with E-state index in [4.69, 9.17) is 5.11 Å². The average Bonchev–Trinajstić information content (AvgIpc) is 2.60. The molecule has 106 valence electrons. The van der Waals surface area contributed by atoms with Crippen LogP contribution in [-0.4, -0.2) is 34.4 Å². The largest absolute Gasteiger partial charge is 0.478 e. The van der Waals surface area contributed by atoms with Gasteiger partial charge in [0.1, 0.15) is 5.82 Å². The zero-order valence-electron chi connectivity index (χ0n) is 12.3. The molecule has 1 N–H and O–H groups in total. The summed E-state index contributed by atoms with van der Waals surface area (Å²) in [5, 5.41) is 13.1. The number of carboxylic acids is 1. The van der Waals surface area contributed by atoms with Crippen LogP contribution in [0.1, 0.15) is 31.5 Å². The van der Waals surface area contributed by atoms with E-state index in [-0.39, 0.29) is 0 Å². The summed E-state index contributed by atoms with van der Waals surface area (Å²) in [5.74, 6) is 0.589. The van der Waals surface area contributed by atoms with Gasteiger partial charge in [-0.25, -0.2) is 4.79 Å². The summed E-state index contributed by atoms with van der Waals surface area (Å²) in [4.78, 5) is 12.8. The molecule has 19 heavy (non-hydrogen) atoms. The second-order valence-corrected chi connectivity index (χ2v) is 5.01. The number of carboxylic acid groups (broad SMARTS) is 1. The van der Waals surface area contributed by atoms with Gasteiger partial charge in [0.2, 0.25) is 0 Å². The Bertz CT molecular complexity index is 477. The van der Waals surface area contributed by atoms with Gasteiger partial charge in [-0.2, -0.15) is 5.10 Å². The molecule has 0 amide bonds. The third-order valence-electron chi connectivity index (χ3n) is 3.27. The Balaban J connectivity index is 3.08. The van der Waals surface area contributed by atoms with Crippen LogP contribution in [0.2, 0.25) is 0 Å². The molecular weight excluding hydrogens is 242 g/mol. The molecule has 0 spiro atoms. The van der Waals surface area contributed by atoms with Gasteiger partial charge >= 0.3 is 5.97 Å². The van der Waals surface area contributed by atoms with Gasteiger partial charge in [-0.05, 0) is 18.9 Å². The maximum absolute atomic E-state index is 10.7. The summed E-state index contributed by atoms with van der Waals surface area (Å²) in [6, 6.07) is 0. The third-order valence-corrected chi connectivity index (χ3v) is 3.27. The van der Waals surface area contributed by atoms with E-state index in [1.54, 1.807) is 10.8 Å². The Hall–Kier alpha value is -1.78. The van der Waals surface area contributed by atoms with Crippen LogP contribution in [0.5, 0.6) is 0 Å². The summed E-state index contributed by atoms with van der Waals surface area (Å²) < 4.78 is 1.80. The highest BCUT2D eigenvalue weighted by molar-refractivity contribution is 5.87. The summed E-state index contributed by atoms with van der Waals surface area (Å²) in [6.45, 7) is 7.18. The van der Waals surface area contributed by atoms with Gasteiger partial charge in [0.25, 0.3) is 0 Å². The quantitative estimate of drug-likeness (QED) is 0.802. The van der Waals surface area contributed by atoms with Crippen molar-refractivity contribution >= 4 is 17.9 Å². The summed E-state index contributed by atoms with van der Waals surface area (Å²) in [6.07, 6.45) is 3.89. The maximum Gasteiger partial charge on any atom is 0.328 e. The lowest BCUT2D eigenvalue weighted by atomic mass is 10.1. The van der Waals surface area contributed by atoms with Crippen LogP contribution in [0.4, 0.5) is 5.82 Å². The summed E-state index contributed by atoms with van der Waals surface area (Å²) in [5.41, 5.74) is 1.71. The lowest BCUT2D eigenvalue weighted by molar-refractivity contribution is -0.131. The van der Waals surface area contributed by atoms with Gasteiger partial charge in [-0.15, -0.1) is 0 Å². The molecule has 1 rings (SSSR count). The highest BCUT2D eigenvalue weighted by Crippen LogP contribution is 2.24. The van der Waals surface area contributed by atoms with Gasteiger partial charge in [0.15, 0.2) is 0 Å². The van der Waals surface area contributed by atoms with Gasteiger partial charge in [0.05, 0.1) is 5.69 Å². The fourth-order valence-electron chi connectivity index (χ4n) is 2.15. The number of nitrogens with zero attached hydrogens (tertiary/aromatic N) is 3. The van der Waals surface area contributed by atoms with Crippen LogP contribution < -0.4 is 4.90 Å². The van der Waals surface area contributed by atoms with Crippen LogP contribution in [0.15, 0.2) is 6.08 Å². The predicted octanol–water partition coefficient (Wildman–Crippen LogP) is 2.31. The van der Waals surface area contributed by atoms with E-state index in [0.717, 1.165) is 36.1 Å². The first-order valence-corrected chi connectivity index (χ1v) is 6.52. The SMILES string of the molecule is CCC(C)CN(C)c1c(/C=C/C(=O)O)c(C)nn1C. The fraction of sp³-hybridized carbons (Fsp3) is 0.571. The molecule has 0 saturated heterocycles. The molecule has 1 unspecified atom stereocenters. The van der Waals surface area contributed by atoms with Crippen LogP contribution in [0.3, 0.4) is 0 Å². The zero-order chi connectivity index (χ0) is 14.6. The molecule has 0 aliphatic heterocycles. The molecule has 1 atom stereocenters. The maximum atomic E-state index is 10.7. The lowest BCUT2D eigenvalue weighted by Crippen LogP contribution is -2.26. The first kappa shape index (κ1) is 15.3. The topological polar surface area (TPSA) is 58.4 Å². The first-order valence-electron chi connectivity index (χ1n) is 6.52. The van der Waals surface area contributed by atoms with E-state index in [1.807, 2.05) is 21.0 Å². The highest BCUT2D eigenvalue weighted by Gasteiger charge is 2.16. The van der Waals surface area contributed by atoms with Crippen LogP contribution in [-0.2, 0) is 11.8 Å². The van der Waals surface area contributed by atoms with Crippen molar-refractivity contribution in [2.24, 2.45) is 13.0 Å². The molecule has 0 bridgehead atoms. The Morgan fingerprint density at radius 1 is 1.58 bits per heavy atom. The minimum atomic E-state index is -0.946. The second kappa shape index (κ2) is 6.41. The highest BCUT2D eigenvalue weighted by atomic mass is 16.4. The Morgan fingerprint density at radius 2 is 2.21 bits per heavy atom. The van der Waals surface area contributed by atoms with Crippen molar-refractivity contribution in [1.82, 2.24) is 9.78 Å². The number of rotatable bonds is 6. The minimum Gasteiger partial charge on any atom is -0.478 e. The van der Waals surface area contributed by atoms with Crippen molar-refractivity contribution in [1.29, 1.82) is 0 Å². The Morgan fingerprint density at radius 3 is 2.74 bits per heavy atom. The van der Waals surface area contributed by atoms with E-state index >= 15 is 0 Å². The van der Waals surface area contributed by atoms with Crippen molar-refractivity contribution in [2.45, 2.75) is 27.2 Å². The van der Waals surface area contributed by atoms with Crippen molar-refractivity contribution in [3.63, 3.8) is 0 Å². The van der Waals surface area contributed by atoms with E-state index < -0.39 is 5.97 Å². The molecule has 1 aromatic heterocycles. The number of aliphatic carboxylic acids is 1. The first-order chi connectivity index (χ1) is 8.86. The van der Waals surface area contributed by atoms with Gasteiger partial charge in [-0.3, -0.25) is 4.68 Å². The number of carbonyl (C=O) groups is 1. The second-order valence-electron chi connectivity index (χ2n) is 5.01. The van der Waals surface area contributed by atoms with Crippen LogP contribution in [0.25, 0.3) is 6.08 Å². The van der Waals surface area contributed by atoms with Crippen LogP contribution >= 0.6 is 0 Å². The van der Waals surface area contributed by atoms with Gasteiger partial charge in [0, 0.05) is 32.3 Å². The van der Waals surface area contributed by atoms with Gasteiger partial charge < -0.3 is 10.0 Å². The fourth-order valence-corrected chi connectivity index (χ4v) is 2.15. The molecule has 0 fully saturated rings. The number of aromatic nitrogens is 2. The van der Waals surface area contributed by atoms with Crippen molar-refractivity contribution < 1.29 is 9.90 Å². The number of hydrogen-bond donors (Lipinski definition) is 1. The normalized spacial score (nSPS) is 12.9. The standard InChI is InChI=1S/C14H23N3O2/c1-6-10(2)9-16(4)14-12(7-8-13(18)19)11(3)15-17(14)5/h7-8,10H,6,9H2,1-5H3,(H,18,19)/b8-7+. The van der Waals surface area contributed by atoms with Crippen molar-refractivity contribution in [3.8, 4) is 0 Å². The molecule has 5 nitrogen and oxygen atoms in total. The summed E-state index contributed by atoms with van der Waals surface area (Å²) >= 11 is 0. The molecule has 5 heteroatoms. The molecule has 0 aromatic carbocycles. The third kappa shape index (κ3) is 3.84. The smallest absolute Gasteiger partial charge is 0.328 e. The summed E-state index contributed by atoms with van der Waals surface area (Å²) in [7, 11) is 3.90. The Labute approximate surface area is 114 Å². The number of aryl methyl sites for hydroxylation is 2. The molecule has 1 aromatic rings. The molecule has 0 saturated carbocycles. The van der Waals surface area contributed by atoms with Crippen LogP contribution in [0, 0.1) is 12.8 Å². The number of hydrogen-bond acceptors (Lipinski definition) is 3. The van der Waals surface area contributed by atoms with Crippen molar-refractivity contribution in [3.05, 3.63) is 17.3 Å². The zero-order valence-corrected chi connectivity index (χ0v) is 12.3. The molecule has 1 heterocycles. The van der Waals surface area contributed by atoms with Gasteiger partial charge in [-0.1, -0.05) is 20.3 Å². The molecular formula is C14H23N3O2. The van der Waals surface area contributed by atoms with E-state index in [1.165, 1.54) is 0 Å². The number of anilines is 1. The van der Waals surface area contributed by atoms with E-state index in [2.05, 4.69) is 23.8 Å². The lowest BCUT2D eigenvalue weighted by Gasteiger charge is -2.23. The molecule has 0 aliphatic rings. The average molecular weight is 265 g/mol. The monoisotopic (exact) mass is 265 g/mol. The minimum absolute atomic E-state index is 0.580. The van der Waals surface area contributed by atoms with Crippen molar-refractivity contribution in [2.75, 3.05) is 18.5 Å². The molecule has 0 radical (unpaired) electrons. The molecule has 0 aliphatic carbocycles. The Kier molecular flexibility index (Phi) is 5.15. The van der Waals surface area contributed by atoms with E-state index in [9.17, 15) is 4.79 Å². The predicted molar refractivity (Wildman–Crippen MR) is 77.3 cm³/mol. The van der Waals surface area contributed by atoms with E-state index in [0.29, 0.717) is 5.92 Å².